The SMILES string of the molecule is O=C(Nc1nc(-c2ccc(Br)s2)cs1)C1CC=CCC1. The van der Waals surface area contributed by atoms with Crippen LogP contribution in [0.2, 0.25) is 0 Å². The Hall–Kier alpha value is -0.980. The van der Waals surface area contributed by atoms with E-state index in [4.69, 9.17) is 0 Å². The second-order valence-corrected chi connectivity index (χ2v) is 7.93. The zero-order valence-electron chi connectivity index (χ0n) is 10.6. The zero-order chi connectivity index (χ0) is 13.9. The maximum Gasteiger partial charge on any atom is 0.229 e. The number of hydrogen-bond donors (Lipinski definition) is 1. The van der Waals surface area contributed by atoms with Crippen LogP contribution < -0.4 is 5.32 Å². The van der Waals surface area contributed by atoms with E-state index in [1.807, 2.05) is 17.5 Å². The first-order valence-corrected chi connectivity index (χ1v) is 8.88. The Bertz CT molecular complexity index is 647. The molecule has 3 rings (SSSR count). The van der Waals surface area contributed by atoms with Crippen LogP contribution in [-0.4, -0.2) is 10.9 Å². The van der Waals surface area contributed by atoms with Crippen LogP contribution in [0.5, 0.6) is 0 Å². The van der Waals surface area contributed by atoms with E-state index in [2.05, 4.69) is 38.4 Å². The molecule has 1 atom stereocenters. The van der Waals surface area contributed by atoms with Gasteiger partial charge in [-0.25, -0.2) is 4.98 Å². The fourth-order valence-corrected chi connectivity index (χ4v) is 4.27. The Morgan fingerprint density at radius 2 is 2.30 bits per heavy atom. The van der Waals surface area contributed by atoms with Gasteiger partial charge in [0.15, 0.2) is 5.13 Å². The summed E-state index contributed by atoms with van der Waals surface area (Å²) in [7, 11) is 0. The third kappa shape index (κ3) is 3.19. The average molecular weight is 369 g/mol. The molecule has 20 heavy (non-hydrogen) atoms. The van der Waals surface area contributed by atoms with Gasteiger partial charge >= 0.3 is 0 Å². The normalized spacial score (nSPS) is 18.1. The Balaban J connectivity index is 1.68. The first-order chi connectivity index (χ1) is 9.72. The number of rotatable bonds is 3. The van der Waals surface area contributed by atoms with Gasteiger partial charge in [-0.1, -0.05) is 12.2 Å². The molecule has 0 saturated carbocycles. The van der Waals surface area contributed by atoms with Gasteiger partial charge in [0.05, 0.1) is 14.4 Å². The minimum atomic E-state index is 0.0858. The van der Waals surface area contributed by atoms with E-state index in [-0.39, 0.29) is 11.8 Å². The van der Waals surface area contributed by atoms with Crippen LogP contribution in [0.3, 0.4) is 0 Å². The topological polar surface area (TPSA) is 42.0 Å². The van der Waals surface area contributed by atoms with Crippen LogP contribution >= 0.6 is 38.6 Å². The number of anilines is 1. The molecule has 1 unspecified atom stereocenters. The molecular formula is C14H13BrN2OS2. The molecule has 0 aliphatic heterocycles. The van der Waals surface area contributed by atoms with E-state index in [1.54, 1.807) is 11.3 Å². The van der Waals surface area contributed by atoms with Crippen molar-refractivity contribution in [1.82, 2.24) is 4.98 Å². The molecule has 1 amide bonds. The predicted molar refractivity (Wildman–Crippen MR) is 88.2 cm³/mol. The molecule has 0 bridgehead atoms. The smallest absolute Gasteiger partial charge is 0.229 e. The van der Waals surface area contributed by atoms with Crippen molar-refractivity contribution in [3.8, 4) is 10.6 Å². The number of halogens is 1. The number of aromatic nitrogens is 1. The van der Waals surface area contributed by atoms with Crippen molar-refractivity contribution in [1.29, 1.82) is 0 Å². The summed E-state index contributed by atoms with van der Waals surface area (Å²) in [6.45, 7) is 0. The van der Waals surface area contributed by atoms with Crippen molar-refractivity contribution in [2.45, 2.75) is 19.3 Å². The molecule has 0 fully saturated rings. The van der Waals surface area contributed by atoms with Crippen LogP contribution in [-0.2, 0) is 4.79 Å². The van der Waals surface area contributed by atoms with Gasteiger partial charge in [-0.05, 0) is 47.3 Å². The highest BCUT2D eigenvalue weighted by Crippen LogP contribution is 2.33. The highest BCUT2D eigenvalue weighted by molar-refractivity contribution is 9.11. The minimum absolute atomic E-state index is 0.0858. The predicted octanol–water partition coefficient (Wildman–Crippen LogP) is 4.93. The standard InChI is InChI=1S/C14H13BrN2OS2/c15-12-7-6-11(20-12)10-8-19-14(16-10)17-13(18)9-4-2-1-3-5-9/h1-2,6-9H,3-5H2,(H,16,17,18). The van der Waals surface area contributed by atoms with E-state index in [0.717, 1.165) is 33.6 Å². The van der Waals surface area contributed by atoms with Gasteiger partial charge in [0.2, 0.25) is 5.91 Å². The molecule has 104 valence electrons. The third-order valence-corrected chi connectivity index (χ3v) is 5.60. The molecule has 0 aromatic carbocycles. The van der Waals surface area contributed by atoms with E-state index >= 15 is 0 Å². The molecule has 0 radical (unpaired) electrons. The summed E-state index contributed by atoms with van der Waals surface area (Å²) in [5.74, 6) is 0.172. The van der Waals surface area contributed by atoms with Crippen LogP contribution in [0.1, 0.15) is 19.3 Å². The summed E-state index contributed by atoms with van der Waals surface area (Å²) in [4.78, 5) is 17.7. The number of nitrogens with zero attached hydrogens (tertiary/aromatic N) is 1. The Morgan fingerprint density at radius 1 is 1.40 bits per heavy atom. The molecule has 1 aliphatic carbocycles. The van der Waals surface area contributed by atoms with Gasteiger partial charge < -0.3 is 5.32 Å². The number of nitrogens with one attached hydrogen (secondary N) is 1. The molecule has 2 aromatic heterocycles. The van der Waals surface area contributed by atoms with E-state index in [1.165, 1.54) is 11.3 Å². The Morgan fingerprint density at radius 3 is 3.00 bits per heavy atom. The summed E-state index contributed by atoms with van der Waals surface area (Å²) in [5, 5.41) is 5.60. The maximum absolute atomic E-state index is 12.1. The van der Waals surface area contributed by atoms with E-state index in [0.29, 0.717) is 5.13 Å². The van der Waals surface area contributed by atoms with Gasteiger partial charge in [-0.3, -0.25) is 4.79 Å². The van der Waals surface area contributed by atoms with E-state index < -0.39 is 0 Å². The van der Waals surface area contributed by atoms with Crippen molar-refractivity contribution in [3.63, 3.8) is 0 Å². The number of thiophene rings is 1. The lowest BCUT2D eigenvalue weighted by Gasteiger charge is -2.15. The molecule has 3 nitrogen and oxygen atoms in total. The van der Waals surface area contributed by atoms with Crippen molar-refractivity contribution in [2.75, 3.05) is 5.32 Å². The molecule has 0 saturated heterocycles. The highest BCUT2D eigenvalue weighted by atomic mass is 79.9. The lowest BCUT2D eigenvalue weighted by Crippen LogP contribution is -2.23. The first-order valence-electron chi connectivity index (χ1n) is 6.39. The van der Waals surface area contributed by atoms with Crippen LogP contribution in [0, 0.1) is 5.92 Å². The summed E-state index contributed by atoms with van der Waals surface area (Å²) in [6.07, 6.45) is 6.98. The summed E-state index contributed by atoms with van der Waals surface area (Å²) in [5.41, 5.74) is 0.921. The molecule has 1 aliphatic rings. The number of carbonyl (C=O) groups excluding carboxylic acids is 1. The van der Waals surface area contributed by atoms with Crippen LogP contribution in [0.25, 0.3) is 10.6 Å². The summed E-state index contributed by atoms with van der Waals surface area (Å²) in [6, 6.07) is 4.04. The largest absolute Gasteiger partial charge is 0.302 e. The number of carbonyl (C=O) groups is 1. The third-order valence-electron chi connectivity index (χ3n) is 3.20. The number of allylic oxidation sites excluding steroid dienone is 2. The fraction of sp³-hybridized carbons (Fsp3) is 0.286. The zero-order valence-corrected chi connectivity index (χ0v) is 13.9. The van der Waals surface area contributed by atoms with E-state index in [9.17, 15) is 4.79 Å². The summed E-state index contributed by atoms with van der Waals surface area (Å²) >= 11 is 6.56. The van der Waals surface area contributed by atoms with Crippen molar-refractivity contribution < 1.29 is 4.79 Å². The Labute approximate surface area is 133 Å². The average Bonchev–Trinajstić information content (AvgIpc) is 3.09. The van der Waals surface area contributed by atoms with Crippen molar-refractivity contribution in [3.05, 3.63) is 33.5 Å². The molecule has 1 N–H and O–H groups in total. The van der Waals surface area contributed by atoms with Crippen molar-refractivity contribution in [2.24, 2.45) is 5.92 Å². The van der Waals surface area contributed by atoms with Crippen LogP contribution in [0.4, 0.5) is 5.13 Å². The molecule has 2 heterocycles. The number of thiazole rings is 1. The van der Waals surface area contributed by atoms with Gasteiger partial charge in [0, 0.05) is 11.3 Å². The number of hydrogen-bond acceptors (Lipinski definition) is 4. The minimum Gasteiger partial charge on any atom is -0.302 e. The molecule has 6 heteroatoms. The van der Waals surface area contributed by atoms with Gasteiger partial charge in [0.25, 0.3) is 0 Å². The molecule has 0 spiro atoms. The second kappa shape index (κ2) is 6.20. The quantitative estimate of drug-likeness (QED) is 0.780. The lowest BCUT2D eigenvalue weighted by atomic mass is 9.94. The van der Waals surface area contributed by atoms with Gasteiger partial charge in [-0.15, -0.1) is 22.7 Å². The molecule has 2 aromatic rings. The van der Waals surface area contributed by atoms with Crippen molar-refractivity contribution >= 4 is 49.6 Å². The maximum atomic E-state index is 12.1. The first kappa shape index (κ1) is 14.0. The fourth-order valence-electron chi connectivity index (χ4n) is 2.14. The lowest BCUT2D eigenvalue weighted by molar-refractivity contribution is -0.120. The van der Waals surface area contributed by atoms with Gasteiger partial charge in [-0.2, -0.15) is 0 Å². The van der Waals surface area contributed by atoms with Crippen LogP contribution in [0.15, 0.2) is 33.5 Å². The monoisotopic (exact) mass is 368 g/mol. The second-order valence-electron chi connectivity index (χ2n) is 4.61. The summed E-state index contributed by atoms with van der Waals surface area (Å²) < 4.78 is 1.08. The Kier molecular flexibility index (Phi) is 4.33. The highest BCUT2D eigenvalue weighted by Gasteiger charge is 2.19. The number of amides is 1. The molecular weight excluding hydrogens is 356 g/mol. The van der Waals surface area contributed by atoms with Gasteiger partial charge in [0.1, 0.15) is 0 Å².